The summed E-state index contributed by atoms with van der Waals surface area (Å²) in [7, 11) is 0. The van der Waals surface area contributed by atoms with Gasteiger partial charge in [-0.1, -0.05) is 0 Å². The highest BCUT2D eigenvalue weighted by Crippen LogP contribution is 1.81. The minimum absolute atomic E-state index is 0.00579. The number of carbonyl (C=O) groups excluding carboxylic acids is 1. The monoisotopic (exact) mass is 176 g/mol. The molecule has 0 radical (unpaired) electrons. The van der Waals surface area contributed by atoms with Gasteiger partial charge < -0.3 is 15.5 Å². The maximum atomic E-state index is 10.2. The molecule has 0 saturated heterocycles. The van der Waals surface area contributed by atoms with E-state index >= 15 is 0 Å². The molecule has 0 aliphatic rings. The molecular weight excluding hydrogens is 164 g/mol. The Balaban J connectivity index is 3.45. The molecule has 6 nitrogen and oxygen atoms in total. The molecule has 0 aliphatic heterocycles. The lowest BCUT2D eigenvalue weighted by Crippen LogP contribution is -2.35. The van der Waals surface area contributed by atoms with Crippen LogP contribution < -0.4 is 5.32 Å². The third-order valence-electron chi connectivity index (χ3n) is 1.19. The second-order valence-electron chi connectivity index (χ2n) is 2.05. The number of nitrogens with zero attached hydrogens (tertiary/aromatic N) is 1. The van der Waals surface area contributed by atoms with Crippen LogP contribution in [0.5, 0.6) is 0 Å². The normalized spacial score (nSPS) is 9.42. The van der Waals surface area contributed by atoms with E-state index in [1.54, 1.807) is 0 Å². The van der Waals surface area contributed by atoms with E-state index in [0.717, 1.165) is 0 Å². The zero-order chi connectivity index (χ0) is 9.40. The molecule has 3 N–H and O–H groups in total. The molecule has 12 heavy (non-hydrogen) atoms. The highest BCUT2D eigenvalue weighted by atomic mass is 16.4. The van der Waals surface area contributed by atoms with Crippen molar-refractivity contribution >= 4 is 12.5 Å². The lowest BCUT2D eigenvalue weighted by Gasteiger charge is -2.10. The maximum absolute atomic E-state index is 10.2. The van der Waals surface area contributed by atoms with Gasteiger partial charge in [-0.3, -0.25) is 4.79 Å². The van der Waals surface area contributed by atoms with Gasteiger partial charge in [-0.05, 0) is 0 Å². The van der Waals surface area contributed by atoms with Crippen LogP contribution in [-0.4, -0.2) is 53.9 Å². The zero-order valence-corrected chi connectivity index (χ0v) is 6.56. The van der Waals surface area contributed by atoms with Gasteiger partial charge in [0, 0.05) is 19.6 Å². The smallest absolute Gasteiger partial charge is 0.413 e. The third kappa shape index (κ3) is 4.64. The van der Waals surface area contributed by atoms with Crippen molar-refractivity contribution < 1.29 is 19.8 Å². The van der Waals surface area contributed by atoms with Crippen LogP contribution in [0.25, 0.3) is 0 Å². The number of amides is 2. The molecule has 0 aliphatic carbocycles. The summed E-state index contributed by atoms with van der Waals surface area (Å²) in [6.45, 7) is 0.838. The summed E-state index contributed by atoms with van der Waals surface area (Å²) in [6.07, 6.45) is -1.01. The van der Waals surface area contributed by atoms with Gasteiger partial charge >= 0.3 is 6.09 Å². The molecule has 6 heteroatoms. The van der Waals surface area contributed by atoms with Gasteiger partial charge in [0.1, 0.15) is 0 Å². The lowest BCUT2D eigenvalue weighted by atomic mass is 10.5. The quantitative estimate of drug-likeness (QED) is 0.346. The first-order valence-corrected chi connectivity index (χ1v) is 3.48. The predicted octanol–water partition coefficient (Wildman–Crippen LogP) is -1.30. The molecule has 0 unspecified atom stereocenters. The minimum Gasteiger partial charge on any atom is -0.465 e. The first-order valence-electron chi connectivity index (χ1n) is 3.48. The van der Waals surface area contributed by atoms with E-state index in [4.69, 9.17) is 10.2 Å². The Morgan fingerprint density at radius 1 is 1.50 bits per heavy atom. The fourth-order valence-electron chi connectivity index (χ4n) is 0.597. The van der Waals surface area contributed by atoms with Crippen molar-refractivity contribution in [2.45, 2.75) is 0 Å². The Morgan fingerprint density at radius 2 is 2.17 bits per heavy atom. The summed E-state index contributed by atoms with van der Waals surface area (Å²) in [5.74, 6) is 0. The van der Waals surface area contributed by atoms with Crippen molar-refractivity contribution in [1.29, 1.82) is 0 Å². The van der Waals surface area contributed by atoms with Gasteiger partial charge in [-0.25, -0.2) is 9.69 Å². The maximum Gasteiger partial charge on any atom is 0.413 e. The summed E-state index contributed by atoms with van der Waals surface area (Å²) in [4.78, 5) is 20.9. The molecule has 2 amide bonds. The zero-order valence-electron chi connectivity index (χ0n) is 6.56. The average Bonchev–Trinajstić information content (AvgIpc) is 2.04. The Kier molecular flexibility index (Phi) is 5.94. The summed E-state index contributed by atoms with van der Waals surface area (Å²) >= 11 is 0. The third-order valence-corrected chi connectivity index (χ3v) is 1.19. The van der Waals surface area contributed by atoms with E-state index in [0.29, 0.717) is 18.0 Å². The van der Waals surface area contributed by atoms with E-state index in [1.165, 1.54) is 0 Å². The van der Waals surface area contributed by atoms with Crippen molar-refractivity contribution in [3.63, 3.8) is 0 Å². The van der Waals surface area contributed by atoms with Crippen LogP contribution in [0.4, 0.5) is 4.79 Å². The first kappa shape index (κ1) is 10.9. The Bertz CT molecular complexity index is 150. The molecule has 0 spiro atoms. The van der Waals surface area contributed by atoms with E-state index < -0.39 is 6.09 Å². The molecule has 70 valence electrons. The number of aliphatic hydroxyl groups is 1. The van der Waals surface area contributed by atoms with E-state index in [9.17, 15) is 9.59 Å². The fourth-order valence-corrected chi connectivity index (χ4v) is 0.597. The van der Waals surface area contributed by atoms with Crippen LogP contribution in [0, 0.1) is 0 Å². The topological polar surface area (TPSA) is 89.9 Å². The fraction of sp³-hybridized carbons (Fsp3) is 0.667. The molecule has 0 bridgehead atoms. The van der Waals surface area contributed by atoms with E-state index in [-0.39, 0.29) is 19.6 Å². The molecule has 0 heterocycles. The number of rotatable bonds is 6. The lowest BCUT2D eigenvalue weighted by molar-refractivity contribution is -0.116. The van der Waals surface area contributed by atoms with Crippen LogP contribution in [0.2, 0.25) is 0 Å². The van der Waals surface area contributed by atoms with Gasteiger partial charge in [0.15, 0.2) is 0 Å². The summed E-state index contributed by atoms with van der Waals surface area (Å²) in [5, 5.41) is 19.4. The van der Waals surface area contributed by atoms with Crippen LogP contribution in [0.15, 0.2) is 0 Å². The van der Waals surface area contributed by atoms with E-state index in [2.05, 4.69) is 5.32 Å². The predicted molar refractivity (Wildman–Crippen MR) is 40.8 cm³/mol. The molecule has 0 atom stereocenters. The first-order chi connectivity index (χ1) is 5.72. The largest absolute Gasteiger partial charge is 0.465 e. The van der Waals surface area contributed by atoms with Gasteiger partial charge in [-0.2, -0.15) is 0 Å². The van der Waals surface area contributed by atoms with Gasteiger partial charge in [0.05, 0.1) is 6.61 Å². The molecule has 0 aromatic heterocycles. The van der Waals surface area contributed by atoms with Crippen molar-refractivity contribution in [2.75, 3.05) is 26.2 Å². The average molecular weight is 176 g/mol. The second kappa shape index (κ2) is 6.56. The van der Waals surface area contributed by atoms with Gasteiger partial charge in [0.2, 0.25) is 6.41 Å². The van der Waals surface area contributed by atoms with Crippen molar-refractivity contribution in [3.05, 3.63) is 0 Å². The number of hydrogen-bond acceptors (Lipinski definition) is 4. The van der Waals surface area contributed by atoms with Gasteiger partial charge in [-0.15, -0.1) is 0 Å². The summed E-state index contributed by atoms with van der Waals surface area (Å²) < 4.78 is 0. The number of hydrogen-bond donors (Lipinski definition) is 3. The summed E-state index contributed by atoms with van der Waals surface area (Å²) in [5.41, 5.74) is 0. The molecule has 0 aromatic carbocycles. The van der Waals surface area contributed by atoms with Crippen LogP contribution >= 0.6 is 0 Å². The van der Waals surface area contributed by atoms with Crippen LogP contribution in [0.1, 0.15) is 0 Å². The molecule has 0 saturated carbocycles. The van der Waals surface area contributed by atoms with Crippen LogP contribution in [-0.2, 0) is 4.79 Å². The Morgan fingerprint density at radius 3 is 2.58 bits per heavy atom. The molecule has 0 rings (SSSR count). The number of carbonyl (C=O) groups is 2. The highest BCUT2D eigenvalue weighted by Gasteiger charge is 2.07. The van der Waals surface area contributed by atoms with E-state index in [1.807, 2.05) is 0 Å². The standard InChI is InChI=1S/C6H12N2O4/c9-4-2-7-1-3-8(5-10)6(11)12/h5,7,9H,1-4H2,(H,11,12). The van der Waals surface area contributed by atoms with Gasteiger partial charge in [0.25, 0.3) is 0 Å². The number of imide groups is 1. The molecule has 0 fully saturated rings. The summed E-state index contributed by atoms with van der Waals surface area (Å²) in [6, 6.07) is 0. The minimum atomic E-state index is -1.27. The van der Waals surface area contributed by atoms with Crippen LogP contribution in [0.3, 0.4) is 0 Å². The second-order valence-corrected chi connectivity index (χ2v) is 2.05. The SMILES string of the molecule is O=CN(CCNCCO)C(=O)O. The number of aliphatic hydroxyl groups excluding tert-OH is 1. The van der Waals surface area contributed by atoms with Crippen molar-refractivity contribution in [3.8, 4) is 0 Å². The number of carboxylic acid groups (broad SMARTS) is 1. The van der Waals surface area contributed by atoms with Crippen molar-refractivity contribution in [2.24, 2.45) is 0 Å². The Labute approximate surface area is 69.8 Å². The number of nitrogens with one attached hydrogen (secondary N) is 1. The molecular formula is C6H12N2O4. The molecule has 0 aromatic rings. The van der Waals surface area contributed by atoms with Crippen molar-refractivity contribution in [1.82, 2.24) is 10.2 Å². The Hall–Kier alpha value is -1.14. The highest BCUT2D eigenvalue weighted by molar-refractivity contribution is 5.78.